The molecule has 0 aliphatic heterocycles. The van der Waals surface area contributed by atoms with Gasteiger partial charge < -0.3 is 4.74 Å². The minimum atomic E-state index is -3.00. The predicted octanol–water partition coefficient (Wildman–Crippen LogP) is 6.57. The van der Waals surface area contributed by atoms with Crippen LogP contribution >= 0.6 is 46.4 Å². The van der Waals surface area contributed by atoms with Gasteiger partial charge in [0.25, 0.3) is 0 Å². The largest absolute Gasteiger partial charge is 0.434 e. The maximum absolute atomic E-state index is 12.5. The van der Waals surface area contributed by atoms with Crippen molar-refractivity contribution in [2.24, 2.45) is 0 Å². The highest BCUT2D eigenvalue weighted by atomic mass is 35.5. The van der Waals surface area contributed by atoms with E-state index in [1.165, 1.54) is 30.3 Å². The van der Waals surface area contributed by atoms with Crippen LogP contribution in [-0.2, 0) is 0 Å². The van der Waals surface area contributed by atoms with Gasteiger partial charge >= 0.3 is 6.61 Å². The van der Waals surface area contributed by atoms with Gasteiger partial charge in [0.2, 0.25) is 0 Å². The van der Waals surface area contributed by atoms with Gasteiger partial charge in [-0.25, -0.2) is 0 Å². The fourth-order valence-corrected chi connectivity index (χ4v) is 2.56. The van der Waals surface area contributed by atoms with Crippen LogP contribution in [0.4, 0.5) is 8.78 Å². The lowest BCUT2D eigenvalue weighted by Crippen LogP contribution is -2.03. The zero-order valence-electron chi connectivity index (χ0n) is 9.64. The van der Waals surface area contributed by atoms with Crippen molar-refractivity contribution in [3.8, 4) is 16.9 Å². The van der Waals surface area contributed by atoms with Crippen LogP contribution < -0.4 is 4.74 Å². The standard InChI is InChI=1S/C13H6Cl4F2O/c14-6-1-2-7(10(5-6)20-13(18)19)11-8(15)3-4-9(16)12(11)17/h1-5,13H. The molecule has 0 saturated carbocycles. The lowest BCUT2D eigenvalue weighted by Gasteiger charge is -2.14. The molecule has 0 aliphatic carbocycles. The first kappa shape index (κ1) is 15.6. The van der Waals surface area contributed by atoms with Gasteiger partial charge in [-0.05, 0) is 30.3 Å². The van der Waals surface area contributed by atoms with Crippen molar-refractivity contribution in [1.29, 1.82) is 0 Å². The molecule has 106 valence electrons. The molecule has 0 aliphatic rings. The second-order valence-electron chi connectivity index (χ2n) is 3.74. The molecule has 1 nitrogen and oxygen atoms in total. The van der Waals surface area contributed by atoms with Crippen molar-refractivity contribution < 1.29 is 13.5 Å². The molecule has 0 amide bonds. The summed E-state index contributed by atoms with van der Waals surface area (Å²) in [5.41, 5.74) is 0.598. The maximum Gasteiger partial charge on any atom is 0.387 e. The highest BCUT2D eigenvalue weighted by Gasteiger charge is 2.18. The SMILES string of the molecule is FC(F)Oc1cc(Cl)ccc1-c1c(Cl)ccc(Cl)c1Cl. The summed E-state index contributed by atoms with van der Waals surface area (Å²) >= 11 is 23.9. The van der Waals surface area contributed by atoms with E-state index in [9.17, 15) is 8.78 Å². The molecule has 20 heavy (non-hydrogen) atoms. The third kappa shape index (κ3) is 3.29. The topological polar surface area (TPSA) is 9.23 Å². The smallest absolute Gasteiger partial charge is 0.387 e. The van der Waals surface area contributed by atoms with Crippen LogP contribution in [-0.4, -0.2) is 6.61 Å². The van der Waals surface area contributed by atoms with E-state index in [1.54, 1.807) is 0 Å². The zero-order valence-corrected chi connectivity index (χ0v) is 12.7. The quantitative estimate of drug-likeness (QED) is 0.564. The van der Waals surface area contributed by atoms with Gasteiger partial charge in [0.15, 0.2) is 0 Å². The monoisotopic (exact) mass is 356 g/mol. The summed E-state index contributed by atoms with van der Waals surface area (Å²) < 4.78 is 29.4. The van der Waals surface area contributed by atoms with Crippen LogP contribution in [0.1, 0.15) is 0 Å². The molecule has 2 rings (SSSR count). The van der Waals surface area contributed by atoms with E-state index in [0.29, 0.717) is 5.56 Å². The van der Waals surface area contributed by atoms with Crippen molar-refractivity contribution in [2.45, 2.75) is 6.61 Å². The van der Waals surface area contributed by atoms with E-state index in [2.05, 4.69) is 4.74 Å². The highest BCUT2D eigenvalue weighted by molar-refractivity contribution is 6.46. The number of benzene rings is 2. The Balaban J connectivity index is 2.66. The van der Waals surface area contributed by atoms with Gasteiger partial charge in [0.1, 0.15) is 5.75 Å². The van der Waals surface area contributed by atoms with Crippen molar-refractivity contribution in [3.05, 3.63) is 50.4 Å². The molecule has 0 spiro atoms. The molecule has 7 heteroatoms. The zero-order chi connectivity index (χ0) is 14.9. The van der Waals surface area contributed by atoms with E-state index in [4.69, 9.17) is 46.4 Å². The fraction of sp³-hybridized carbons (Fsp3) is 0.0769. The second kappa shape index (κ2) is 6.35. The molecule has 0 aromatic heterocycles. The molecule has 0 atom stereocenters. The Bertz CT molecular complexity index is 647. The van der Waals surface area contributed by atoms with Gasteiger partial charge in [-0.15, -0.1) is 0 Å². The summed E-state index contributed by atoms with van der Waals surface area (Å²) in [6, 6.07) is 7.30. The van der Waals surface area contributed by atoms with E-state index < -0.39 is 6.61 Å². The summed E-state index contributed by atoms with van der Waals surface area (Å²) in [7, 11) is 0. The number of rotatable bonds is 3. The Kier molecular flexibility index (Phi) is 4.97. The van der Waals surface area contributed by atoms with Gasteiger partial charge in [0.05, 0.1) is 15.1 Å². The first-order valence-corrected chi connectivity index (χ1v) is 6.79. The number of ether oxygens (including phenoxy) is 1. The molecule has 0 unspecified atom stereocenters. The first-order chi connectivity index (χ1) is 9.40. The average molecular weight is 358 g/mol. The lowest BCUT2D eigenvalue weighted by molar-refractivity contribution is -0.0494. The molecule has 0 radical (unpaired) electrons. The molecular weight excluding hydrogens is 352 g/mol. The number of hydrogen-bond donors (Lipinski definition) is 0. The third-order valence-electron chi connectivity index (χ3n) is 2.47. The van der Waals surface area contributed by atoms with Gasteiger partial charge in [-0.3, -0.25) is 0 Å². The predicted molar refractivity (Wildman–Crippen MR) is 78.6 cm³/mol. The summed E-state index contributed by atoms with van der Waals surface area (Å²) in [6.45, 7) is -3.00. The Labute approximate surface area is 134 Å². The van der Waals surface area contributed by atoms with E-state index in [-0.39, 0.29) is 31.4 Å². The first-order valence-electron chi connectivity index (χ1n) is 5.28. The number of alkyl halides is 2. The third-order valence-corrected chi connectivity index (χ3v) is 3.83. The lowest BCUT2D eigenvalue weighted by atomic mass is 10.0. The maximum atomic E-state index is 12.5. The summed E-state index contributed by atoms with van der Waals surface area (Å²) in [5, 5.41) is 0.920. The van der Waals surface area contributed by atoms with Crippen LogP contribution in [0, 0.1) is 0 Å². The summed E-state index contributed by atoms with van der Waals surface area (Å²) in [6.07, 6.45) is 0. The van der Waals surface area contributed by atoms with Crippen LogP contribution in [0.15, 0.2) is 30.3 Å². The second-order valence-corrected chi connectivity index (χ2v) is 5.37. The van der Waals surface area contributed by atoms with Crippen LogP contribution in [0.3, 0.4) is 0 Å². The normalized spacial score (nSPS) is 10.9. The minimum Gasteiger partial charge on any atom is -0.434 e. The molecular formula is C13H6Cl4F2O. The average Bonchev–Trinajstić information content (AvgIpc) is 2.36. The molecule has 0 saturated heterocycles. The summed E-state index contributed by atoms with van der Waals surface area (Å²) in [5.74, 6) is -0.126. The minimum absolute atomic E-state index is 0.126. The van der Waals surface area contributed by atoms with Crippen LogP contribution in [0.5, 0.6) is 5.75 Å². The number of hydrogen-bond acceptors (Lipinski definition) is 1. The van der Waals surface area contributed by atoms with Gasteiger partial charge in [-0.1, -0.05) is 46.4 Å². The Hall–Kier alpha value is -0.740. The molecule has 2 aromatic carbocycles. The van der Waals surface area contributed by atoms with Gasteiger partial charge in [-0.2, -0.15) is 8.78 Å². The molecule has 0 N–H and O–H groups in total. The van der Waals surface area contributed by atoms with Crippen molar-refractivity contribution in [1.82, 2.24) is 0 Å². The van der Waals surface area contributed by atoms with Crippen LogP contribution in [0.2, 0.25) is 20.1 Å². The van der Waals surface area contributed by atoms with Crippen molar-refractivity contribution in [3.63, 3.8) is 0 Å². The Morgan fingerprint density at radius 2 is 1.55 bits per heavy atom. The van der Waals surface area contributed by atoms with Crippen molar-refractivity contribution >= 4 is 46.4 Å². The van der Waals surface area contributed by atoms with Crippen LogP contribution in [0.25, 0.3) is 11.1 Å². The fourth-order valence-electron chi connectivity index (χ4n) is 1.67. The molecule has 0 bridgehead atoms. The summed E-state index contributed by atoms with van der Waals surface area (Å²) in [4.78, 5) is 0. The van der Waals surface area contributed by atoms with E-state index in [0.717, 1.165) is 0 Å². The number of halogens is 6. The Morgan fingerprint density at radius 1 is 0.900 bits per heavy atom. The van der Waals surface area contributed by atoms with E-state index >= 15 is 0 Å². The molecule has 0 fully saturated rings. The molecule has 2 aromatic rings. The Morgan fingerprint density at radius 3 is 2.20 bits per heavy atom. The van der Waals surface area contributed by atoms with Crippen molar-refractivity contribution in [2.75, 3.05) is 0 Å². The highest BCUT2D eigenvalue weighted by Crippen LogP contribution is 2.43. The van der Waals surface area contributed by atoms with E-state index in [1.807, 2.05) is 0 Å². The van der Waals surface area contributed by atoms with Gasteiger partial charge in [0, 0.05) is 16.1 Å². The molecule has 0 heterocycles.